The Morgan fingerprint density at radius 1 is 1.13 bits per heavy atom. The van der Waals surface area contributed by atoms with Crippen molar-refractivity contribution in [3.63, 3.8) is 0 Å². The van der Waals surface area contributed by atoms with Gasteiger partial charge >= 0.3 is 6.03 Å². The molecule has 2 aromatic carbocycles. The third-order valence-electron chi connectivity index (χ3n) is 4.52. The Balaban J connectivity index is 1.55. The molecule has 30 heavy (non-hydrogen) atoms. The molecule has 4 rings (SSSR count). The smallest absolute Gasteiger partial charge is 0.330 e. The summed E-state index contributed by atoms with van der Waals surface area (Å²) in [6.07, 6.45) is 3.08. The lowest BCUT2D eigenvalue weighted by atomic mass is 10.2. The second kappa shape index (κ2) is 8.30. The number of benzene rings is 2. The number of nitrogens with zero attached hydrogens (tertiary/aromatic N) is 3. The Morgan fingerprint density at radius 2 is 2.00 bits per heavy atom. The lowest BCUT2D eigenvalue weighted by molar-refractivity contribution is 0.254. The van der Waals surface area contributed by atoms with Crippen molar-refractivity contribution in [1.29, 1.82) is 0 Å². The Labute approximate surface area is 172 Å². The summed E-state index contributed by atoms with van der Waals surface area (Å²) in [5, 5.41) is 6.44. The van der Waals surface area contributed by atoms with Gasteiger partial charge in [-0.15, -0.1) is 0 Å². The predicted molar refractivity (Wildman–Crippen MR) is 112 cm³/mol. The maximum atomic E-state index is 14.0. The molecule has 0 bridgehead atoms. The van der Waals surface area contributed by atoms with Gasteiger partial charge in [-0.1, -0.05) is 6.07 Å². The number of carbonyl (C=O) groups is 1. The summed E-state index contributed by atoms with van der Waals surface area (Å²) in [7, 11) is 1.84. The van der Waals surface area contributed by atoms with Crippen molar-refractivity contribution in [2.75, 3.05) is 12.4 Å². The molecule has 0 aliphatic heterocycles. The molecule has 2 aromatic heterocycles. The summed E-state index contributed by atoms with van der Waals surface area (Å²) in [6, 6.07) is 13.0. The molecule has 152 valence electrons. The van der Waals surface area contributed by atoms with Crippen LogP contribution in [0.3, 0.4) is 0 Å². The summed E-state index contributed by atoms with van der Waals surface area (Å²) in [4.78, 5) is 20.9. The lowest BCUT2D eigenvalue weighted by Gasteiger charge is -2.10. The summed E-state index contributed by atoms with van der Waals surface area (Å²) < 4.78 is 21.2. The van der Waals surface area contributed by atoms with Crippen LogP contribution in [0.5, 0.6) is 11.6 Å². The maximum absolute atomic E-state index is 14.0. The number of aromatic nitrogens is 3. The van der Waals surface area contributed by atoms with E-state index in [0.717, 1.165) is 16.6 Å². The molecule has 2 N–H and O–H groups in total. The Bertz CT molecular complexity index is 1220. The van der Waals surface area contributed by atoms with E-state index in [-0.39, 0.29) is 5.69 Å². The molecule has 0 spiro atoms. The minimum absolute atomic E-state index is 0.142. The number of ether oxygens (including phenoxy) is 1. The van der Waals surface area contributed by atoms with Gasteiger partial charge in [-0.25, -0.2) is 19.2 Å². The van der Waals surface area contributed by atoms with E-state index in [1.807, 2.05) is 20.0 Å². The first kappa shape index (κ1) is 19.5. The van der Waals surface area contributed by atoms with Gasteiger partial charge in [0.05, 0.1) is 16.9 Å². The van der Waals surface area contributed by atoms with E-state index in [9.17, 15) is 9.18 Å². The first-order valence-corrected chi connectivity index (χ1v) is 9.35. The van der Waals surface area contributed by atoms with Gasteiger partial charge in [-0.2, -0.15) is 0 Å². The van der Waals surface area contributed by atoms with Crippen LogP contribution in [0.25, 0.3) is 10.9 Å². The SMILES string of the molecule is CNCc1cc(Oc2ccc3c(ccn3C(=O)Nc3cc(C)ccc3F)c2)ncn1. The fourth-order valence-electron chi connectivity index (χ4n) is 3.10. The van der Waals surface area contributed by atoms with E-state index in [1.54, 1.807) is 42.6 Å². The number of anilines is 1. The molecule has 0 saturated heterocycles. The fraction of sp³-hybridized carbons (Fsp3) is 0.136. The highest BCUT2D eigenvalue weighted by molar-refractivity contribution is 5.98. The molecule has 4 aromatic rings. The summed E-state index contributed by atoms with van der Waals surface area (Å²) >= 11 is 0. The van der Waals surface area contributed by atoms with E-state index >= 15 is 0 Å². The van der Waals surface area contributed by atoms with Gasteiger partial charge < -0.3 is 15.4 Å². The van der Waals surface area contributed by atoms with Crippen molar-refractivity contribution >= 4 is 22.6 Å². The normalized spacial score (nSPS) is 10.9. The Kier molecular flexibility index (Phi) is 5.40. The molecule has 0 radical (unpaired) electrons. The molecule has 2 heterocycles. The van der Waals surface area contributed by atoms with Crippen molar-refractivity contribution in [2.24, 2.45) is 0 Å². The van der Waals surface area contributed by atoms with Gasteiger partial charge in [0.2, 0.25) is 5.88 Å². The van der Waals surface area contributed by atoms with Crippen molar-refractivity contribution in [1.82, 2.24) is 19.9 Å². The topological polar surface area (TPSA) is 81.1 Å². The number of rotatable bonds is 5. The molecular formula is C22H20FN5O2. The first-order chi connectivity index (χ1) is 14.5. The van der Waals surface area contributed by atoms with Crippen molar-refractivity contribution in [3.05, 3.63) is 78.1 Å². The maximum Gasteiger partial charge on any atom is 0.330 e. The second-order valence-corrected chi connectivity index (χ2v) is 6.80. The molecule has 0 saturated carbocycles. The molecule has 0 unspecified atom stereocenters. The van der Waals surface area contributed by atoms with Gasteiger partial charge in [-0.05, 0) is 55.9 Å². The number of halogens is 1. The lowest BCUT2D eigenvalue weighted by Crippen LogP contribution is -2.19. The van der Waals surface area contributed by atoms with Gasteiger partial charge in [0, 0.05) is 24.2 Å². The zero-order valence-electron chi connectivity index (χ0n) is 16.5. The molecule has 1 amide bonds. The molecule has 0 atom stereocenters. The quantitative estimate of drug-likeness (QED) is 0.512. The van der Waals surface area contributed by atoms with Crippen LogP contribution in [0.4, 0.5) is 14.9 Å². The first-order valence-electron chi connectivity index (χ1n) is 9.35. The Morgan fingerprint density at radius 3 is 2.83 bits per heavy atom. The minimum atomic E-state index is -0.483. The number of aryl methyl sites for hydroxylation is 1. The van der Waals surface area contributed by atoms with Gasteiger partial charge in [0.1, 0.15) is 17.9 Å². The van der Waals surface area contributed by atoms with E-state index < -0.39 is 11.8 Å². The number of hydrogen-bond donors (Lipinski definition) is 2. The largest absolute Gasteiger partial charge is 0.439 e. The van der Waals surface area contributed by atoms with Crippen LogP contribution in [0.2, 0.25) is 0 Å². The number of amides is 1. The van der Waals surface area contributed by atoms with Crippen LogP contribution in [0.1, 0.15) is 11.3 Å². The van der Waals surface area contributed by atoms with Crippen LogP contribution in [0, 0.1) is 12.7 Å². The third kappa shape index (κ3) is 4.13. The molecule has 8 heteroatoms. The molecule has 0 aliphatic rings. The molecule has 0 fully saturated rings. The predicted octanol–water partition coefficient (Wildman–Crippen LogP) is 4.47. The van der Waals surface area contributed by atoms with Gasteiger partial charge in [0.25, 0.3) is 0 Å². The third-order valence-corrected chi connectivity index (χ3v) is 4.52. The van der Waals surface area contributed by atoms with Gasteiger partial charge in [-0.3, -0.25) is 4.57 Å². The Hall–Kier alpha value is -3.78. The van der Waals surface area contributed by atoms with Crippen LogP contribution in [-0.4, -0.2) is 27.6 Å². The molecule has 0 aliphatic carbocycles. The van der Waals surface area contributed by atoms with Crippen LogP contribution in [0.15, 0.2) is 61.1 Å². The second-order valence-electron chi connectivity index (χ2n) is 6.80. The molecular weight excluding hydrogens is 385 g/mol. The van der Waals surface area contributed by atoms with E-state index in [4.69, 9.17) is 4.74 Å². The van der Waals surface area contributed by atoms with Crippen LogP contribution < -0.4 is 15.4 Å². The fourth-order valence-corrected chi connectivity index (χ4v) is 3.10. The number of nitrogens with one attached hydrogen (secondary N) is 2. The summed E-state index contributed by atoms with van der Waals surface area (Å²) in [5.41, 5.74) is 2.48. The standard InChI is InChI=1S/C22H20FN5O2/c1-14-3-5-18(23)19(9-14)27-22(29)28-8-7-15-10-17(4-6-20(15)28)30-21-11-16(12-24-2)25-13-26-21/h3-11,13,24H,12H2,1-2H3,(H,27,29). The van der Waals surface area contributed by atoms with Crippen LogP contribution >= 0.6 is 0 Å². The van der Waals surface area contributed by atoms with E-state index in [1.165, 1.54) is 17.0 Å². The number of carbonyl (C=O) groups excluding carboxylic acids is 1. The zero-order valence-corrected chi connectivity index (χ0v) is 16.5. The van der Waals surface area contributed by atoms with E-state index in [0.29, 0.717) is 23.7 Å². The van der Waals surface area contributed by atoms with Gasteiger partial charge in [0.15, 0.2) is 0 Å². The summed E-state index contributed by atoms with van der Waals surface area (Å²) in [6.45, 7) is 2.44. The zero-order chi connectivity index (χ0) is 21.1. The monoisotopic (exact) mass is 405 g/mol. The summed E-state index contributed by atoms with van der Waals surface area (Å²) in [5.74, 6) is 0.532. The minimum Gasteiger partial charge on any atom is -0.439 e. The highest BCUT2D eigenvalue weighted by Gasteiger charge is 2.13. The molecule has 7 nitrogen and oxygen atoms in total. The van der Waals surface area contributed by atoms with Crippen molar-refractivity contribution in [2.45, 2.75) is 13.5 Å². The highest BCUT2D eigenvalue weighted by Crippen LogP contribution is 2.26. The van der Waals surface area contributed by atoms with Crippen molar-refractivity contribution in [3.8, 4) is 11.6 Å². The average Bonchev–Trinajstić information content (AvgIpc) is 3.15. The number of hydrogen-bond acceptors (Lipinski definition) is 5. The highest BCUT2D eigenvalue weighted by atomic mass is 19.1. The number of fused-ring (bicyclic) bond motifs is 1. The average molecular weight is 405 g/mol. The van der Waals surface area contributed by atoms with E-state index in [2.05, 4.69) is 20.6 Å². The van der Waals surface area contributed by atoms with Crippen molar-refractivity contribution < 1.29 is 13.9 Å². The van der Waals surface area contributed by atoms with Crippen LogP contribution in [-0.2, 0) is 6.54 Å².